The van der Waals surface area contributed by atoms with E-state index in [0.29, 0.717) is 12.2 Å². The van der Waals surface area contributed by atoms with Crippen LogP contribution in [0.4, 0.5) is 5.69 Å². The van der Waals surface area contributed by atoms with Gasteiger partial charge in [-0.3, -0.25) is 4.31 Å². The van der Waals surface area contributed by atoms with Crippen LogP contribution in [0.15, 0.2) is 24.3 Å². The molecule has 1 aromatic rings. The zero-order chi connectivity index (χ0) is 14.5. The molecule has 5 nitrogen and oxygen atoms in total. The van der Waals surface area contributed by atoms with Gasteiger partial charge in [-0.05, 0) is 31.5 Å². The fourth-order valence-electron chi connectivity index (χ4n) is 1.57. The van der Waals surface area contributed by atoms with Crippen molar-refractivity contribution in [2.24, 2.45) is 5.73 Å². The van der Waals surface area contributed by atoms with E-state index in [9.17, 15) is 8.42 Å². The molecule has 0 radical (unpaired) electrons. The van der Waals surface area contributed by atoms with E-state index in [1.54, 1.807) is 25.2 Å². The molecule has 0 bridgehead atoms. The molecule has 0 unspecified atom stereocenters. The van der Waals surface area contributed by atoms with Gasteiger partial charge in [0.2, 0.25) is 10.0 Å². The third-order valence-corrected chi connectivity index (χ3v) is 4.45. The largest absolute Gasteiger partial charge is 0.378 e. The molecule has 19 heavy (non-hydrogen) atoms. The van der Waals surface area contributed by atoms with E-state index in [2.05, 4.69) is 0 Å². The standard InChI is InChI=1S/C13H22N2O3S/c1-11(2)18-7-8-19(16,17)15(3)13-6-4-5-12(9-13)10-14/h4-6,9,11H,7-8,10,14H2,1-3H3. The van der Waals surface area contributed by atoms with Gasteiger partial charge in [-0.1, -0.05) is 12.1 Å². The summed E-state index contributed by atoms with van der Waals surface area (Å²) in [5.41, 5.74) is 7.07. The Balaban J connectivity index is 2.76. The van der Waals surface area contributed by atoms with Crippen molar-refractivity contribution in [3.8, 4) is 0 Å². The van der Waals surface area contributed by atoms with Gasteiger partial charge in [0.1, 0.15) is 0 Å². The van der Waals surface area contributed by atoms with Crippen LogP contribution in [0.5, 0.6) is 0 Å². The SMILES string of the molecule is CC(C)OCCS(=O)(=O)N(C)c1cccc(CN)c1. The topological polar surface area (TPSA) is 72.6 Å². The molecule has 0 aliphatic heterocycles. The number of hydrogen-bond acceptors (Lipinski definition) is 4. The second-order valence-electron chi connectivity index (χ2n) is 4.58. The third-order valence-electron chi connectivity index (χ3n) is 2.72. The van der Waals surface area contributed by atoms with Crippen LogP contribution in [-0.2, 0) is 21.3 Å². The summed E-state index contributed by atoms with van der Waals surface area (Å²) in [6.45, 7) is 4.33. The zero-order valence-electron chi connectivity index (χ0n) is 11.7. The van der Waals surface area contributed by atoms with Gasteiger partial charge in [0.15, 0.2) is 0 Å². The van der Waals surface area contributed by atoms with Crippen LogP contribution in [-0.4, -0.2) is 33.9 Å². The molecular weight excluding hydrogens is 264 g/mol. The highest BCUT2D eigenvalue weighted by Gasteiger charge is 2.18. The van der Waals surface area contributed by atoms with Gasteiger partial charge in [0, 0.05) is 13.6 Å². The molecule has 0 atom stereocenters. The van der Waals surface area contributed by atoms with E-state index in [0.717, 1.165) is 5.56 Å². The Bertz CT molecular complexity index is 500. The number of rotatable bonds is 7. The number of nitrogens with two attached hydrogens (primary N) is 1. The Morgan fingerprint density at radius 2 is 2.05 bits per heavy atom. The Hall–Kier alpha value is -1.11. The van der Waals surface area contributed by atoms with E-state index >= 15 is 0 Å². The lowest BCUT2D eigenvalue weighted by molar-refractivity contribution is 0.0912. The monoisotopic (exact) mass is 286 g/mol. The predicted molar refractivity (Wildman–Crippen MR) is 77.6 cm³/mol. The Morgan fingerprint density at radius 1 is 1.37 bits per heavy atom. The minimum atomic E-state index is -3.37. The highest BCUT2D eigenvalue weighted by Crippen LogP contribution is 2.18. The van der Waals surface area contributed by atoms with Crippen LogP contribution in [0.25, 0.3) is 0 Å². The van der Waals surface area contributed by atoms with E-state index < -0.39 is 10.0 Å². The molecule has 0 aromatic heterocycles. The van der Waals surface area contributed by atoms with Gasteiger partial charge in [0.05, 0.1) is 24.2 Å². The maximum atomic E-state index is 12.1. The average Bonchev–Trinajstić information content (AvgIpc) is 2.37. The summed E-state index contributed by atoms with van der Waals surface area (Å²) >= 11 is 0. The number of benzene rings is 1. The number of hydrogen-bond donors (Lipinski definition) is 1. The molecule has 1 aromatic carbocycles. The first-order valence-electron chi connectivity index (χ1n) is 6.24. The van der Waals surface area contributed by atoms with Gasteiger partial charge < -0.3 is 10.5 Å². The molecule has 0 amide bonds. The Morgan fingerprint density at radius 3 is 2.63 bits per heavy atom. The molecule has 0 aliphatic carbocycles. The lowest BCUT2D eigenvalue weighted by atomic mass is 10.2. The van der Waals surface area contributed by atoms with Crippen molar-refractivity contribution >= 4 is 15.7 Å². The Labute approximate surface area is 115 Å². The molecule has 6 heteroatoms. The molecule has 0 spiro atoms. The first kappa shape index (κ1) is 15.9. The third kappa shape index (κ3) is 4.81. The normalized spacial score (nSPS) is 11.8. The van der Waals surface area contributed by atoms with Crippen molar-refractivity contribution in [3.63, 3.8) is 0 Å². The van der Waals surface area contributed by atoms with Gasteiger partial charge in [0.25, 0.3) is 0 Å². The summed E-state index contributed by atoms with van der Waals surface area (Å²) in [5.74, 6) is -0.0332. The highest BCUT2D eigenvalue weighted by molar-refractivity contribution is 7.92. The van der Waals surface area contributed by atoms with Crippen molar-refractivity contribution in [2.75, 3.05) is 23.7 Å². The second-order valence-corrected chi connectivity index (χ2v) is 6.70. The summed E-state index contributed by atoms with van der Waals surface area (Å²) < 4.78 is 30.8. The summed E-state index contributed by atoms with van der Waals surface area (Å²) in [6.07, 6.45) is 0.0288. The molecule has 0 heterocycles. The van der Waals surface area contributed by atoms with Crippen molar-refractivity contribution in [1.82, 2.24) is 0 Å². The van der Waals surface area contributed by atoms with E-state index in [-0.39, 0.29) is 18.5 Å². The van der Waals surface area contributed by atoms with Gasteiger partial charge >= 0.3 is 0 Å². The van der Waals surface area contributed by atoms with Crippen molar-refractivity contribution < 1.29 is 13.2 Å². The van der Waals surface area contributed by atoms with Crippen LogP contribution in [0.2, 0.25) is 0 Å². The number of ether oxygens (including phenoxy) is 1. The zero-order valence-corrected chi connectivity index (χ0v) is 12.5. The fourth-order valence-corrected chi connectivity index (χ4v) is 2.58. The van der Waals surface area contributed by atoms with Crippen LogP contribution in [0.1, 0.15) is 19.4 Å². The smallest absolute Gasteiger partial charge is 0.237 e. The minimum Gasteiger partial charge on any atom is -0.378 e. The summed E-state index contributed by atoms with van der Waals surface area (Å²) in [7, 11) is -1.82. The van der Waals surface area contributed by atoms with Crippen LogP contribution < -0.4 is 10.0 Å². The van der Waals surface area contributed by atoms with Crippen LogP contribution in [0, 0.1) is 0 Å². The van der Waals surface area contributed by atoms with E-state index in [4.69, 9.17) is 10.5 Å². The number of sulfonamides is 1. The van der Waals surface area contributed by atoms with Gasteiger partial charge in [-0.15, -0.1) is 0 Å². The maximum Gasteiger partial charge on any atom is 0.237 e. The van der Waals surface area contributed by atoms with Crippen LogP contribution >= 0.6 is 0 Å². The van der Waals surface area contributed by atoms with Gasteiger partial charge in [-0.2, -0.15) is 0 Å². The average molecular weight is 286 g/mol. The molecular formula is C13H22N2O3S. The first-order chi connectivity index (χ1) is 8.86. The summed E-state index contributed by atoms with van der Waals surface area (Å²) in [6, 6.07) is 7.20. The fraction of sp³-hybridized carbons (Fsp3) is 0.538. The predicted octanol–water partition coefficient (Wildman–Crippen LogP) is 1.34. The first-order valence-corrected chi connectivity index (χ1v) is 7.85. The molecule has 0 fully saturated rings. The summed E-state index contributed by atoms with van der Waals surface area (Å²) in [5, 5.41) is 0. The highest BCUT2D eigenvalue weighted by atomic mass is 32.2. The van der Waals surface area contributed by atoms with Crippen molar-refractivity contribution in [2.45, 2.75) is 26.5 Å². The molecule has 0 saturated heterocycles. The number of nitrogens with zero attached hydrogens (tertiary/aromatic N) is 1. The summed E-state index contributed by atoms with van der Waals surface area (Å²) in [4.78, 5) is 0. The molecule has 0 aliphatic rings. The quantitative estimate of drug-likeness (QED) is 0.821. The van der Waals surface area contributed by atoms with Gasteiger partial charge in [-0.25, -0.2) is 8.42 Å². The minimum absolute atomic E-state index is 0.0288. The van der Waals surface area contributed by atoms with E-state index in [1.807, 2.05) is 19.9 Å². The van der Waals surface area contributed by atoms with Crippen molar-refractivity contribution in [1.29, 1.82) is 0 Å². The second kappa shape index (κ2) is 6.88. The lowest BCUT2D eigenvalue weighted by Gasteiger charge is -2.20. The lowest BCUT2D eigenvalue weighted by Crippen LogP contribution is -2.31. The maximum absolute atomic E-state index is 12.1. The molecule has 2 N–H and O–H groups in total. The molecule has 1 rings (SSSR count). The van der Waals surface area contributed by atoms with Crippen molar-refractivity contribution in [3.05, 3.63) is 29.8 Å². The van der Waals surface area contributed by atoms with E-state index in [1.165, 1.54) is 4.31 Å². The molecule has 108 valence electrons. The van der Waals surface area contributed by atoms with Crippen LogP contribution in [0.3, 0.4) is 0 Å². The Kier molecular flexibility index (Phi) is 5.78. The number of anilines is 1. The molecule has 0 saturated carbocycles.